The molecule has 0 bridgehead atoms. The molecule has 0 aromatic carbocycles. The Morgan fingerprint density at radius 3 is 2.16 bits per heavy atom. The minimum atomic E-state index is -3.25. The van der Waals surface area contributed by atoms with Gasteiger partial charge in [-0.1, -0.05) is 19.3 Å². The van der Waals surface area contributed by atoms with Gasteiger partial charge >= 0.3 is 19.6 Å². The van der Waals surface area contributed by atoms with Gasteiger partial charge in [0.15, 0.2) is 0 Å². The van der Waals surface area contributed by atoms with Crippen molar-refractivity contribution < 1.29 is 28.9 Å². The Morgan fingerprint density at radius 1 is 1.03 bits per heavy atom. The van der Waals surface area contributed by atoms with E-state index in [-0.39, 0.29) is 12.4 Å². The molecule has 0 spiro atoms. The lowest BCUT2D eigenvalue weighted by Crippen LogP contribution is -2.53. The second-order valence-corrected chi connectivity index (χ2v) is 10.2. The standard InChI is InChI=1S/C15H29ClN5O3P.C2H2O4/c16-7-9-20(17-22)21-8-4-14-24-25(21,23)19-12-10-18(11-13-19)15-5-2-1-3-6-15;3-1(4)2(5)6/h15H,1-14H2;(H,3,4)(H,5,6). The van der Waals surface area contributed by atoms with Crippen molar-refractivity contribution in [2.24, 2.45) is 5.29 Å². The Balaban J connectivity index is 0.000000501. The number of hydrogen-bond donors (Lipinski definition) is 2. The number of nitrogens with zero attached hydrogens (tertiary/aromatic N) is 5. The summed E-state index contributed by atoms with van der Waals surface area (Å²) in [5.74, 6) is -3.40. The molecule has 0 amide bonds. The Bertz CT molecular complexity index is 647. The molecule has 0 aromatic heterocycles. The fourth-order valence-corrected chi connectivity index (χ4v) is 6.67. The van der Waals surface area contributed by atoms with Crippen molar-refractivity contribution in [1.29, 1.82) is 0 Å². The molecule has 2 N–H and O–H groups in total. The van der Waals surface area contributed by atoms with Crippen LogP contribution in [0.15, 0.2) is 5.29 Å². The Morgan fingerprint density at radius 2 is 1.65 bits per heavy atom. The topological polar surface area (TPSA) is 143 Å². The smallest absolute Gasteiger partial charge is 0.414 e. The van der Waals surface area contributed by atoms with E-state index in [1.54, 1.807) is 0 Å². The lowest BCUT2D eigenvalue weighted by atomic mass is 9.94. The van der Waals surface area contributed by atoms with Gasteiger partial charge in [-0.25, -0.2) is 14.3 Å². The largest absolute Gasteiger partial charge is 0.473 e. The van der Waals surface area contributed by atoms with Crippen LogP contribution < -0.4 is 0 Å². The highest BCUT2D eigenvalue weighted by atomic mass is 35.5. The van der Waals surface area contributed by atoms with E-state index < -0.39 is 19.6 Å². The number of aliphatic carboxylic acids is 2. The van der Waals surface area contributed by atoms with Crippen molar-refractivity contribution in [2.45, 2.75) is 44.6 Å². The molecule has 0 aromatic rings. The number of hydrogen-bond acceptors (Lipinski definition) is 7. The maximum Gasteiger partial charge on any atom is 0.414 e. The van der Waals surface area contributed by atoms with Crippen molar-refractivity contribution >= 4 is 31.2 Å². The van der Waals surface area contributed by atoms with Gasteiger partial charge in [-0.3, -0.25) is 9.46 Å². The molecule has 1 aliphatic carbocycles. The number of carboxylic acid groups (broad SMARTS) is 2. The molecule has 14 heteroatoms. The predicted octanol–water partition coefficient (Wildman–Crippen LogP) is 2.06. The summed E-state index contributed by atoms with van der Waals surface area (Å²) in [4.78, 5) is 31.9. The molecule has 3 rings (SSSR count). The third kappa shape index (κ3) is 7.10. The van der Waals surface area contributed by atoms with Crippen LogP contribution in [0.2, 0.25) is 0 Å². The van der Waals surface area contributed by atoms with Crippen molar-refractivity contribution in [3.8, 4) is 0 Å². The third-order valence-electron chi connectivity index (χ3n) is 5.62. The fourth-order valence-electron chi connectivity index (χ4n) is 4.11. The minimum absolute atomic E-state index is 0.237. The van der Waals surface area contributed by atoms with Gasteiger partial charge in [-0.2, -0.15) is 5.12 Å². The highest BCUT2D eigenvalue weighted by Gasteiger charge is 2.46. The third-order valence-corrected chi connectivity index (χ3v) is 8.41. The number of alkyl halides is 1. The van der Waals surface area contributed by atoms with Gasteiger partial charge in [0.2, 0.25) is 0 Å². The average molecular weight is 484 g/mol. The van der Waals surface area contributed by atoms with Crippen molar-refractivity contribution in [1.82, 2.24) is 19.5 Å². The van der Waals surface area contributed by atoms with Crippen LogP contribution in [-0.2, 0) is 18.7 Å². The number of hydrazine groups is 1. The predicted molar refractivity (Wildman–Crippen MR) is 113 cm³/mol. The molecule has 12 nitrogen and oxygen atoms in total. The molecule has 2 saturated heterocycles. The summed E-state index contributed by atoms with van der Waals surface area (Å²) < 4.78 is 22.8. The average Bonchev–Trinajstić information content (AvgIpc) is 2.79. The van der Waals surface area contributed by atoms with Gasteiger partial charge < -0.3 is 14.7 Å². The van der Waals surface area contributed by atoms with Gasteiger partial charge in [0.25, 0.3) is 0 Å². The molecule has 178 valence electrons. The number of carbonyl (C=O) groups is 2. The summed E-state index contributed by atoms with van der Waals surface area (Å²) in [6.45, 7) is 4.37. The zero-order valence-corrected chi connectivity index (χ0v) is 19.1. The molecule has 3 aliphatic rings. The number of carboxylic acids is 2. The molecular formula is C17H31ClN5O7P. The molecule has 1 saturated carbocycles. The summed E-state index contributed by atoms with van der Waals surface area (Å²) in [6.07, 6.45) is 7.26. The first kappa shape index (κ1) is 26.0. The molecule has 2 aliphatic heterocycles. The van der Waals surface area contributed by atoms with Gasteiger partial charge in [-0.05, 0) is 19.3 Å². The van der Waals surface area contributed by atoms with Crippen LogP contribution in [0.3, 0.4) is 0 Å². The molecule has 2 heterocycles. The van der Waals surface area contributed by atoms with E-state index in [4.69, 9.17) is 35.9 Å². The SMILES string of the molecule is O=C(O)C(=O)O.O=NN(CCCl)N1CCCOP1(=O)N1CCN(C2CCCCC2)CC1. The summed E-state index contributed by atoms with van der Waals surface area (Å²) >= 11 is 5.76. The quantitative estimate of drug-likeness (QED) is 0.188. The van der Waals surface area contributed by atoms with Crippen LogP contribution in [0.5, 0.6) is 0 Å². The van der Waals surface area contributed by atoms with E-state index in [2.05, 4.69) is 10.2 Å². The molecule has 3 fully saturated rings. The highest BCUT2D eigenvalue weighted by Crippen LogP contribution is 2.57. The zero-order valence-electron chi connectivity index (χ0n) is 17.5. The Labute approximate surface area is 186 Å². The summed E-state index contributed by atoms with van der Waals surface area (Å²) in [7, 11) is -3.25. The minimum Gasteiger partial charge on any atom is -0.473 e. The molecule has 0 radical (unpaired) electrons. The number of nitroso groups, excluding NO2 is 1. The normalized spacial score (nSPS) is 26.5. The van der Waals surface area contributed by atoms with E-state index in [9.17, 15) is 9.47 Å². The van der Waals surface area contributed by atoms with Crippen molar-refractivity contribution in [3.05, 3.63) is 4.91 Å². The van der Waals surface area contributed by atoms with E-state index in [1.165, 1.54) is 42.0 Å². The van der Waals surface area contributed by atoms with Gasteiger partial charge in [0.1, 0.15) is 0 Å². The van der Waals surface area contributed by atoms with Crippen molar-refractivity contribution in [3.63, 3.8) is 0 Å². The molecule has 31 heavy (non-hydrogen) atoms. The van der Waals surface area contributed by atoms with Crippen molar-refractivity contribution in [2.75, 3.05) is 51.8 Å². The molecular weight excluding hydrogens is 453 g/mol. The lowest BCUT2D eigenvalue weighted by Gasteiger charge is -2.47. The maximum atomic E-state index is 13.6. The van der Waals surface area contributed by atoms with Crippen LogP contribution >= 0.6 is 19.3 Å². The summed E-state index contributed by atoms with van der Waals surface area (Å²) in [5, 5.41) is 19.0. The Hall–Kier alpha value is -1.30. The first-order valence-corrected chi connectivity index (χ1v) is 12.5. The van der Waals surface area contributed by atoms with E-state index in [0.29, 0.717) is 32.3 Å². The number of piperazine rings is 1. The number of rotatable bonds is 6. The Kier molecular flexibility index (Phi) is 10.6. The second-order valence-electron chi connectivity index (χ2n) is 7.53. The van der Waals surface area contributed by atoms with Crippen LogP contribution in [0.1, 0.15) is 38.5 Å². The van der Waals surface area contributed by atoms with Crippen LogP contribution in [0, 0.1) is 4.91 Å². The fraction of sp³-hybridized carbons (Fsp3) is 0.882. The zero-order chi connectivity index (χ0) is 22.9. The van der Waals surface area contributed by atoms with Gasteiger partial charge in [0, 0.05) is 44.6 Å². The van der Waals surface area contributed by atoms with E-state index in [0.717, 1.165) is 19.5 Å². The maximum absolute atomic E-state index is 13.6. The van der Waals surface area contributed by atoms with E-state index in [1.807, 2.05) is 4.67 Å². The summed E-state index contributed by atoms with van der Waals surface area (Å²) in [6, 6.07) is 0.671. The molecule has 1 atom stereocenters. The summed E-state index contributed by atoms with van der Waals surface area (Å²) in [5.41, 5.74) is 0. The first-order chi connectivity index (χ1) is 14.8. The molecule has 1 unspecified atom stereocenters. The monoisotopic (exact) mass is 483 g/mol. The van der Waals surface area contributed by atoms with Crippen LogP contribution in [0.4, 0.5) is 0 Å². The van der Waals surface area contributed by atoms with Crippen LogP contribution in [0.25, 0.3) is 0 Å². The first-order valence-electron chi connectivity index (χ1n) is 10.5. The highest BCUT2D eigenvalue weighted by molar-refractivity contribution is 7.53. The van der Waals surface area contributed by atoms with E-state index >= 15 is 0 Å². The number of halogens is 1. The second kappa shape index (κ2) is 12.7. The van der Waals surface area contributed by atoms with Gasteiger partial charge in [-0.15, -0.1) is 21.3 Å². The van der Waals surface area contributed by atoms with Crippen LogP contribution in [-0.4, -0.2) is 99.4 Å². The lowest BCUT2D eigenvalue weighted by molar-refractivity contribution is -0.159. The van der Waals surface area contributed by atoms with Gasteiger partial charge in [0.05, 0.1) is 18.4 Å².